The Bertz CT molecular complexity index is 860. The lowest BCUT2D eigenvalue weighted by Crippen LogP contribution is -2.32. The maximum absolute atomic E-state index is 11.9. The van der Waals surface area contributed by atoms with Crippen molar-refractivity contribution in [3.05, 3.63) is 60.8 Å². The lowest BCUT2D eigenvalue weighted by Gasteiger charge is -2.10. The van der Waals surface area contributed by atoms with Crippen LogP contribution in [0.5, 0.6) is 11.5 Å². The number of para-hydroxylation sites is 1. The third-order valence-electron chi connectivity index (χ3n) is 3.66. The van der Waals surface area contributed by atoms with E-state index in [1.165, 1.54) is 0 Å². The first-order chi connectivity index (χ1) is 12.8. The first kappa shape index (κ1) is 17.5. The van der Waals surface area contributed by atoms with E-state index in [0.717, 1.165) is 16.7 Å². The van der Waals surface area contributed by atoms with E-state index >= 15 is 0 Å². The number of pyridine rings is 1. The molecule has 2 aromatic carbocycles. The van der Waals surface area contributed by atoms with E-state index in [-0.39, 0.29) is 6.03 Å². The zero-order valence-electron chi connectivity index (χ0n) is 14.6. The molecule has 0 fully saturated rings. The number of ether oxygens (including phenoxy) is 2. The number of hydrogen-bond donors (Lipinski definition) is 2. The van der Waals surface area contributed by atoms with E-state index in [2.05, 4.69) is 15.6 Å². The summed E-state index contributed by atoms with van der Waals surface area (Å²) in [5.41, 5.74) is 1.51. The van der Waals surface area contributed by atoms with Crippen LogP contribution in [0.4, 0.5) is 10.5 Å². The molecule has 2 N–H and O–H groups in total. The number of anilines is 1. The van der Waals surface area contributed by atoms with Gasteiger partial charge in [-0.15, -0.1) is 0 Å². The number of nitrogens with zero attached hydrogens (tertiary/aromatic N) is 1. The maximum atomic E-state index is 11.9. The number of rotatable bonds is 7. The number of nitrogens with one attached hydrogen (secondary N) is 2. The summed E-state index contributed by atoms with van der Waals surface area (Å²) in [4.78, 5) is 16.3. The number of hydrogen-bond acceptors (Lipinski definition) is 4. The van der Waals surface area contributed by atoms with Crippen LogP contribution < -0.4 is 20.1 Å². The molecule has 0 aliphatic carbocycles. The summed E-state index contributed by atoms with van der Waals surface area (Å²) < 4.78 is 11.1. The number of urea groups is 1. The fourth-order valence-corrected chi connectivity index (χ4v) is 2.49. The number of benzene rings is 2. The molecule has 0 unspecified atom stereocenters. The Labute approximate surface area is 152 Å². The molecule has 26 heavy (non-hydrogen) atoms. The van der Waals surface area contributed by atoms with Gasteiger partial charge in [-0.1, -0.05) is 18.2 Å². The van der Waals surface area contributed by atoms with Crippen molar-refractivity contribution in [3.63, 3.8) is 0 Å². The zero-order chi connectivity index (χ0) is 18.2. The van der Waals surface area contributed by atoms with Gasteiger partial charge in [-0.2, -0.15) is 0 Å². The Kier molecular flexibility index (Phi) is 5.88. The summed E-state index contributed by atoms with van der Waals surface area (Å²) in [5, 5.41) is 6.55. The third-order valence-corrected chi connectivity index (χ3v) is 3.66. The van der Waals surface area contributed by atoms with Crippen LogP contribution in [0, 0.1) is 0 Å². The SMILES string of the molecule is CCOc1ccc(NC(=O)NCCOc2cccc3cccnc23)cc1. The molecule has 6 nitrogen and oxygen atoms in total. The van der Waals surface area contributed by atoms with E-state index in [1.54, 1.807) is 18.3 Å². The molecule has 2 amide bonds. The molecule has 0 aliphatic rings. The summed E-state index contributed by atoms with van der Waals surface area (Å²) in [6.45, 7) is 3.27. The first-order valence-electron chi connectivity index (χ1n) is 8.50. The summed E-state index contributed by atoms with van der Waals surface area (Å²) in [7, 11) is 0. The second-order valence-electron chi connectivity index (χ2n) is 5.52. The van der Waals surface area contributed by atoms with Crippen LogP contribution in [0.2, 0.25) is 0 Å². The standard InChI is InChI=1S/C20H21N3O3/c1-2-25-17-10-8-16(9-11-17)23-20(24)22-13-14-26-18-7-3-5-15-6-4-12-21-19(15)18/h3-12H,2,13-14H2,1H3,(H2,22,23,24). The number of carbonyl (C=O) groups excluding carboxylic acids is 1. The molecule has 3 rings (SSSR count). The largest absolute Gasteiger partial charge is 0.494 e. The maximum Gasteiger partial charge on any atom is 0.319 e. The summed E-state index contributed by atoms with van der Waals surface area (Å²) in [5.74, 6) is 1.48. The average Bonchev–Trinajstić information content (AvgIpc) is 2.67. The predicted molar refractivity (Wildman–Crippen MR) is 102 cm³/mol. The van der Waals surface area contributed by atoms with Crippen LogP contribution in [0.15, 0.2) is 60.8 Å². The van der Waals surface area contributed by atoms with Crippen molar-refractivity contribution in [3.8, 4) is 11.5 Å². The smallest absolute Gasteiger partial charge is 0.319 e. The van der Waals surface area contributed by atoms with Gasteiger partial charge in [0.05, 0.1) is 13.2 Å². The molecule has 3 aromatic rings. The van der Waals surface area contributed by atoms with E-state index in [9.17, 15) is 4.79 Å². The summed E-state index contributed by atoms with van der Waals surface area (Å²) in [6.07, 6.45) is 1.73. The topological polar surface area (TPSA) is 72.5 Å². The molecule has 1 heterocycles. The second kappa shape index (κ2) is 8.71. The van der Waals surface area contributed by atoms with Crippen molar-refractivity contribution in [2.45, 2.75) is 6.92 Å². The lowest BCUT2D eigenvalue weighted by atomic mass is 10.2. The minimum atomic E-state index is -0.284. The van der Waals surface area contributed by atoms with Gasteiger partial charge < -0.3 is 20.1 Å². The third kappa shape index (κ3) is 4.63. The van der Waals surface area contributed by atoms with Gasteiger partial charge in [-0.3, -0.25) is 4.98 Å². The van der Waals surface area contributed by atoms with Crippen LogP contribution in [0.3, 0.4) is 0 Å². The summed E-state index contributed by atoms with van der Waals surface area (Å²) in [6, 6.07) is 16.6. The zero-order valence-corrected chi connectivity index (χ0v) is 14.6. The average molecular weight is 351 g/mol. The minimum Gasteiger partial charge on any atom is -0.494 e. The minimum absolute atomic E-state index is 0.284. The molecule has 0 saturated carbocycles. The van der Waals surface area contributed by atoms with E-state index in [4.69, 9.17) is 9.47 Å². The van der Waals surface area contributed by atoms with Crippen LogP contribution in [-0.4, -0.2) is 30.8 Å². The Morgan fingerprint density at radius 1 is 1.04 bits per heavy atom. The van der Waals surface area contributed by atoms with Crippen LogP contribution >= 0.6 is 0 Å². The van der Waals surface area contributed by atoms with Gasteiger partial charge in [0, 0.05) is 17.3 Å². The van der Waals surface area contributed by atoms with E-state index < -0.39 is 0 Å². The summed E-state index contributed by atoms with van der Waals surface area (Å²) >= 11 is 0. The normalized spacial score (nSPS) is 10.3. The fraction of sp³-hybridized carbons (Fsp3) is 0.200. The lowest BCUT2D eigenvalue weighted by molar-refractivity contribution is 0.247. The molecule has 0 spiro atoms. The van der Waals surface area contributed by atoms with Crippen LogP contribution in [0.25, 0.3) is 10.9 Å². The van der Waals surface area contributed by atoms with E-state index in [0.29, 0.717) is 31.2 Å². The van der Waals surface area contributed by atoms with Crippen molar-refractivity contribution in [1.29, 1.82) is 0 Å². The highest BCUT2D eigenvalue weighted by Gasteiger charge is 2.04. The van der Waals surface area contributed by atoms with Crippen molar-refractivity contribution in [2.24, 2.45) is 0 Å². The number of aromatic nitrogens is 1. The molecular formula is C20H21N3O3. The van der Waals surface area contributed by atoms with Gasteiger partial charge in [-0.05, 0) is 43.3 Å². The molecule has 0 atom stereocenters. The van der Waals surface area contributed by atoms with Gasteiger partial charge in [0.2, 0.25) is 0 Å². The Hall–Kier alpha value is -3.28. The second-order valence-corrected chi connectivity index (χ2v) is 5.52. The highest BCUT2D eigenvalue weighted by molar-refractivity contribution is 5.89. The molecular weight excluding hydrogens is 330 g/mol. The quantitative estimate of drug-likeness (QED) is 0.635. The van der Waals surface area contributed by atoms with E-state index in [1.807, 2.05) is 49.4 Å². The van der Waals surface area contributed by atoms with Gasteiger partial charge in [-0.25, -0.2) is 4.79 Å². The van der Waals surface area contributed by atoms with Crippen LogP contribution in [0.1, 0.15) is 6.92 Å². The molecule has 0 bridgehead atoms. The van der Waals surface area contributed by atoms with Gasteiger partial charge in [0.1, 0.15) is 23.6 Å². The molecule has 0 saturated heterocycles. The number of carbonyl (C=O) groups is 1. The van der Waals surface area contributed by atoms with Gasteiger partial charge in [0.15, 0.2) is 0 Å². The molecule has 134 valence electrons. The first-order valence-corrected chi connectivity index (χ1v) is 8.50. The number of amides is 2. The highest BCUT2D eigenvalue weighted by Crippen LogP contribution is 2.22. The van der Waals surface area contributed by atoms with Crippen LogP contribution in [-0.2, 0) is 0 Å². The van der Waals surface area contributed by atoms with Crippen molar-refractivity contribution >= 4 is 22.6 Å². The Balaban J connectivity index is 1.45. The molecule has 6 heteroatoms. The van der Waals surface area contributed by atoms with Gasteiger partial charge >= 0.3 is 6.03 Å². The van der Waals surface area contributed by atoms with Crippen molar-refractivity contribution < 1.29 is 14.3 Å². The fourth-order valence-electron chi connectivity index (χ4n) is 2.49. The monoisotopic (exact) mass is 351 g/mol. The molecule has 0 aliphatic heterocycles. The van der Waals surface area contributed by atoms with Crippen molar-refractivity contribution in [2.75, 3.05) is 25.1 Å². The van der Waals surface area contributed by atoms with Crippen molar-refractivity contribution in [1.82, 2.24) is 10.3 Å². The molecule has 1 aromatic heterocycles. The predicted octanol–water partition coefficient (Wildman–Crippen LogP) is 3.83. The Morgan fingerprint density at radius 3 is 2.65 bits per heavy atom. The van der Waals surface area contributed by atoms with Gasteiger partial charge in [0.25, 0.3) is 0 Å². The molecule has 0 radical (unpaired) electrons. The number of fused-ring (bicyclic) bond motifs is 1. The Morgan fingerprint density at radius 2 is 1.85 bits per heavy atom. The highest BCUT2D eigenvalue weighted by atomic mass is 16.5.